The van der Waals surface area contributed by atoms with E-state index in [-0.39, 0.29) is 0 Å². The average molecular weight is 350 g/mol. The Hall–Kier alpha value is -0.790. The van der Waals surface area contributed by atoms with Gasteiger partial charge in [0.15, 0.2) is 0 Å². The van der Waals surface area contributed by atoms with E-state index in [1.165, 1.54) is 115 Å². The average Bonchev–Trinajstić information content (AvgIpc) is 2.96. The molecule has 0 amide bonds. The number of imidazole rings is 1. The molecule has 0 aliphatic rings. The summed E-state index contributed by atoms with van der Waals surface area (Å²) in [5.41, 5.74) is 0. The van der Waals surface area contributed by atoms with Crippen molar-refractivity contribution in [1.82, 2.24) is 4.57 Å². The largest absolute Gasteiger partial charge is 0.256 e. The topological polar surface area (TPSA) is 8.81 Å². The molecule has 1 heterocycles. The molecule has 0 fully saturated rings. The predicted molar refractivity (Wildman–Crippen MR) is 110 cm³/mol. The summed E-state index contributed by atoms with van der Waals surface area (Å²) in [6, 6.07) is 0. The zero-order valence-electron chi connectivity index (χ0n) is 17.6. The van der Waals surface area contributed by atoms with Gasteiger partial charge in [-0.3, -0.25) is 0 Å². The second kappa shape index (κ2) is 15.5. The fourth-order valence-corrected chi connectivity index (χ4v) is 3.73. The van der Waals surface area contributed by atoms with Crippen LogP contribution < -0.4 is 4.57 Å². The highest BCUT2D eigenvalue weighted by Crippen LogP contribution is 2.12. The number of nitrogens with zero attached hydrogens (tertiary/aromatic N) is 2. The van der Waals surface area contributed by atoms with Crippen molar-refractivity contribution in [2.45, 2.75) is 123 Å². The zero-order chi connectivity index (χ0) is 18.2. The summed E-state index contributed by atoms with van der Waals surface area (Å²) in [6.45, 7) is 5.79. The van der Waals surface area contributed by atoms with Crippen molar-refractivity contribution < 1.29 is 4.57 Å². The third-order valence-corrected chi connectivity index (χ3v) is 5.47. The molecule has 0 bridgehead atoms. The summed E-state index contributed by atoms with van der Waals surface area (Å²) in [5.74, 6) is 1.51. The molecule has 0 unspecified atom stereocenters. The molecule has 0 aromatic carbocycles. The smallest absolute Gasteiger partial charge is 0.237 e. The van der Waals surface area contributed by atoms with Crippen molar-refractivity contribution in [3.63, 3.8) is 0 Å². The number of hydrogen-bond donors (Lipinski definition) is 0. The molecule has 2 nitrogen and oxygen atoms in total. The SMILES string of the molecule is CCCCCCCCCCCCCCn1cc[n+](C)c1CCCCC. The lowest BCUT2D eigenvalue weighted by atomic mass is 10.1. The molecule has 0 saturated carbocycles. The maximum atomic E-state index is 2.49. The molecule has 0 radical (unpaired) electrons. The number of unbranched alkanes of at least 4 members (excludes halogenated alkanes) is 13. The minimum Gasteiger partial charge on any atom is -0.237 e. The van der Waals surface area contributed by atoms with Gasteiger partial charge in [0.05, 0.1) is 13.6 Å². The van der Waals surface area contributed by atoms with Gasteiger partial charge in [-0.05, 0) is 19.3 Å². The lowest BCUT2D eigenvalue weighted by molar-refractivity contribution is -0.678. The van der Waals surface area contributed by atoms with E-state index in [0.717, 1.165) is 0 Å². The van der Waals surface area contributed by atoms with Gasteiger partial charge in [0, 0.05) is 6.42 Å². The molecule has 1 aromatic heterocycles. The maximum absolute atomic E-state index is 2.49. The van der Waals surface area contributed by atoms with Crippen LogP contribution in [-0.2, 0) is 20.0 Å². The molecule has 2 heteroatoms. The van der Waals surface area contributed by atoms with Crippen LogP contribution in [-0.4, -0.2) is 4.57 Å². The van der Waals surface area contributed by atoms with E-state index in [2.05, 4.69) is 42.4 Å². The minimum absolute atomic E-state index is 1.21. The van der Waals surface area contributed by atoms with Gasteiger partial charge in [-0.1, -0.05) is 90.9 Å². The first-order valence-corrected chi connectivity index (χ1v) is 11.3. The van der Waals surface area contributed by atoms with E-state index < -0.39 is 0 Å². The molecule has 0 aliphatic heterocycles. The highest BCUT2D eigenvalue weighted by Gasteiger charge is 2.13. The second-order valence-electron chi connectivity index (χ2n) is 7.86. The van der Waals surface area contributed by atoms with E-state index in [0.29, 0.717) is 0 Å². The lowest BCUT2D eigenvalue weighted by Gasteiger charge is -2.04. The molecule has 25 heavy (non-hydrogen) atoms. The van der Waals surface area contributed by atoms with Crippen molar-refractivity contribution in [3.8, 4) is 0 Å². The first kappa shape index (κ1) is 22.3. The van der Waals surface area contributed by atoms with Crippen LogP contribution in [0.5, 0.6) is 0 Å². The summed E-state index contributed by atoms with van der Waals surface area (Å²) in [5, 5.41) is 0. The molecule has 0 aliphatic carbocycles. The van der Waals surface area contributed by atoms with Crippen LogP contribution >= 0.6 is 0 Å². The normalized spacial score (nSPS) is 11.3. The molecule has 146 valence electrons. The molecule has 0 atom stereocenters. The van der Waals surface area contributed by atoms with Crippen molar-refractivity contribution >= 4 is 0 Å². The Morgan fingerprint density at radius 1 is 0.680 bits per heavy atom. The van der Waals surface area contributed by atoms with Crippen LogP contribution in [0.2, 0.25) is 0 Å². The number of rotatable bonds is 17. The van der Waals surface area contributed by atoms with Crippen LogP contribution in [0.3, 0.4) is 0 Å². The van der Waals surface area contributed by atoms with Crippen molar-refractivity contribution in [2.75, 3.05) is 0 Å². The molecular formula is C23H45N2+. The number of aryl methyl sites for hydroxylation is 2. The molecular weight excluding hydrogens is 304 g/mol. The van der Waals surface area contributed by atoms with Crippen molar-refractivity contribution in [2.24, 2.45) is 7.05 Å². The summed E-state index contributed by atoms with van der Waals surface area (Å²) in [6.07, 6.45) is 26.9. The monoisotopic (exact) mass is 349 g/mol. The summed E-state index contributed by atoms with van der Waals surface area (Å²) < 4.78 is 4.81. The van der Waals surface area contributed by atoms with Crippen molar-refractivity contribution in [1.29, 1.82) is 0 Å². The molecule has 1 rings (SSSR count). The summed E-state index contributed by atoms with van der Waals surface area (Å²) in [7, 11) is 2.19. The fraction of sp³-hybridized carbons (Fsp3) is 0.870. The zero-order valence-corrected chi connectivity index (χ0v) is 17.6. The van der Waals surface area contributed by atoms with Gasteiger partial charge in [-0.25, -0.2) is 9.13 Å². The molecule has 0 spiro atoms. The highest BCUT2D eigenvalue weighted by molar-refractivity contribution is 4.84. The quantitative estimate of drug-likeness (QED) is 0.217. The van der Waals surface area contributed by atoms with E-state index in [1.807, 2.05) is 0 Å². The van der Waals surface area contributed by atoms with E-state index in [1.54, 1.807) is 0 Å². The Bertz CT molecular complexity index is 408. The van der Waals surface area contributed by atoms with Gasteiger partial charge in [-0.2, -0.15) is 0 Å². The first-order valence-electron chi connectivity index (χ1n) is 11.3. The Morgan fingerprint density at radius 2 is 1.16 bits per heavy atom. The van der Waals surface area contributed by atoms with Gasteiger partial charge < -0.3 is 0 Å². The lowest BCUT2D eigenvalue weighted by Crippen LogP contribution is -2.32. The van der Waals surface area contributed by atoms with E-state index >= 15 is 0 Å². The molecule has 1 aromatic rings. The highest BCUT2D eigenvalue weighted by atomic mass is 15.1. The Kier molecular flexibility index (Phi) is 13.8. The fourth-order valence-electron chi connectivity index (χ4n) is 3.73. The van der Waals surface area contributed by atoms with Gasteiger partial charge in [0.1, 0.15) is 12.4 Å². The minimum atomic E-state index is 1.21. The predicted octanol–water partition coefficient (Wildman–Crippen LogP) is 6.75. The second-order valence-corrected chi connectivity index (χ2v) is 7.86. The van der Waals surface area contributed by atoms with Crippen LogP contribution in [0.4, 0.5) is 0 Å². The Morgan fingerprint density at radius 3 is 1.72 bits per heavy atom. The Balaban J connectivity index is 1.99. The van der Waals surface area contributed by atoms with E-state index in [4.69, 9.17) is 0 Å². The van der Waals surface area contributed by atoms with Crippen LogP contribution in [0, 0.1) is 0 Å². The van der Waals surface area contributed by atoms with Gasteiger partial charge in [0.2, 0.25) is 0 Å². The molecule has 0 saturated heterocycles. The standard InChI is InChI=1S/C23H45N2/c1-4-6-8-9-10-11-12-13-14-15-16-18-20-25-22-21-24(3)23(25)19-17-7-5-2/h21-22H,4-20H2,1-3H3/q+1. The van der Waals surface area contributed by atoms with Gasteiger partial charge >= 0.3 is 0 Å². The van der Waals surface area contributed by atoms with E-state index in [9.17, 15) is 0 Å². The van der Waals surface area contributed by atoms with Crippen molar-refractivity contribution in [3.05, 3.63) is 18.2 Å². The van der Waals surface area contributed by atoms with Crippen LogP contribution in [0.15, 0.2) is 12.4 Å². The Labute approximate surface area is 158 Å². The summed E-state index contributed by atoms with van der Waals surface area (Å²) >= 11 is 0. The first-order chi connectivity index (χ1) is 12.3. The third-order valence-electron chi connectivity index (χ3n) is 5.47. The van der Waals surface area contributed by atoms with Crippen LogP contribution in [0.25, 0.3) is 0 Å². The van der Waals surface area contributed by atoms with Gasteiger partial charge in [0.25, 0.3) is 5.82 Å². The summed E-state index contributed by atoms with van der Waals surface area (Å²) in [4.78, 5) is 0. The number of aromatic nitrogens is 2. The third kappa shape index (κ3) is 10.7. The molecule has 0 N–H and O–H groups in total. The number of hydrogen-bond acceptors (Lipinski definition) is 0. The van der Waals surface area contributed by atoms with Crippen LogP contribution in [0.1, 0.15) is 116 Å². The maximum Gasteiger partial charge on any atom is 0.256 e. The van der Waals surface area contributed by atoms with Gasteiger partial charge in [-0.15, -0.1) is 0 Å².